The number of methoxy groups -OCH3 is 1. The Morgan fingerprint density at radius 2 is 2.10 bits per heavy atom. The standard InChI is InChI=1S/C14H12O5S/c1-19-9-5-8(13(14(17)18)11(16)7-9)6-10(15)12-3-2-4-20-12/h2-5,7,16H,6H2,1H3,(H,17,18). The lowest BCUT2D eigenvalue weighted by Crippen LogP contribution is -2.09. The summed E-state index contributed by atoms with van der Waals surface area (Å²) in [5.41, 5.74) is -0.0385. The van der Waals surface area contributed by atoms with Crippen molar-refractivity contribution < 1.29 is 24.5 Å². The van der Waals surface area contributed by atoms with Crippen LogP contribution in [0.3, 0.4) is 0 Å². The Balaban J connectivity index is 2.41. The van der Waals surface area contributed by atoms with Gasteiger partial charge in [-0.2, -0.15) is 0 Å². The number of aromatic carboxylic acids is 1. The van der Waals surface area contributed by atoms with E-state index in [2.05, 4.69) is 0 Å². The molecule has 0 radical (unpaired) electrons. The van der Waals surface area contributed by atoms with Crippen molar-refractivity contribution in [1.82, 2.24) is 0 Å². The number of hydrogen-bond acceptors (Lipinski definition) is 5. The van der Waals surface area contributed by atoms with Crippen LogP contribution in [0.5, 0.6) is 11.5 Å². The lowest BCUT2D eigenvalue weighted by Gasteiger charge is -2.10. The van der Waals surface area contributed by atoms with E-state index in [-0.39, 0.29) is 23.3 Å². The zero-order valence-electron chi connectivity index (χ0n) is 10.6. The van der Waals surface area contributed by atoms with Gasteiger partial charge in [-0.25, -0.2) is 4.79 Å². The van der Waals surface area contributed by atoms with E-state index in [4.69, 9.17) is 9.84 Å². The molecule has 0 aliphatic carbocycles. The third-order valence-corrected chi connectivity index (χ3v) is 3.68. The molecule has 0 saturated heterocycles. The number of carbonyl (C=O) groups is 2. The van der Waals surface area contributed by atoms with Gasteiger partial charge < -0.3 is 14.9 Å². The van der Waals surface area contributed by atoms with E-state index in [9.17, 15) is 14.7 Å². The molecule has 1 aromatic heterocycles. The third kappa shape index (κ3) is 2.80. The van der Waals surface area contributed by atoms with Gasteiger partial charge in [0, 0.05) is 12.5 Å². The van der Waals surface area contributed by atoms with E-state index < -0.39 is 11.7 Å². The second-order valence-corrected chi connectivity index (χ2v) is 5.01. The Hall–Kier alpha value is -2.34. The van der Waals surface area contributed by atoms with Crippen LogP contribution in [-0.2, 0) is 6.42 Å². The predicted molar refractivity (Wildman–Crippen MR) is 74.0 cm³/mol. The number of benzene rings is 1. The monoisotopic (exact) mass is 292 g/mol. The summed E-state index contributed by atoms with van der Waals surface area (Å²) in [5.74, 6) is -1.58. The third-order valence-electron chi connectivity index (χ3n) is 2.77. The minimum Gasteiger partial charge on any atom is -0.507 e. The fraction of sp³-hybridized carbons (Fsp3) is 0.143. The second kappa shape index (κ2) is 5.75. The van der Waals surface area contributed by atoms with Crippen molar-refractivity contribution in [2.75, 3.05) is 7.11 Å². The lowest BCUT2D eigenvalue weighted by molar-refractivity contribution is 0.0692. The Morgan fingerprint density at radius 3 is 2.65 bits per heavy atom. The first-order chi connectivity index (χ1) is 9.52. The Bertz CT molecular complexity index is 646. The molecule has 2 rings (SSSR count). The van der Waals surface area contributed by atoms with Crippen LogP contribution in [0.2, 0.25) is 0 Å². The van der Waals surface area contributed by atoms with Crippen LogP contribution < -0.4 is 4.74 Å². The zero-order valence-corrected chi connectivity index (χ0v) is 11.4. The van der Waals surface area contributed by atoms with Gasteiger partial charge in [0.2, 0.25) is 0 Å². The molecule has 0 bridgehead atoms. The van der Waals surface area contributed by atoms with Crippen LogP contribution in [-0.4, -0.2) is 29.1 Å². The van der Waals surface area contributed by atoms with Crippen LogP contribution in [0.4, 0.5) is 0 Å². The Labute approximate surface area is 119 Å². The Kier molecular flexibility index (Phi) is 4.05. The fourth-order valence-electron chi connectivity index (χ4n) is 1.86. The van der Waals surface area contributed by atoms with Gasteiger partial charge in [0.1, 0.15) is 17.1 Å². The van der Waals surface area contributed by atoms with Gasteiger partial charge in [-0.3, -0.25) is 4.79 Å². The number of ether oxygens (including phenoxy) is 1. The quantitative estimate of drug-likeness (QED) is 0.827. The second-order valence-electron chi connectivity index (χ2n) is 4.06. The number of hydrogen-bond donors (Lipinski definition) is 2. The number of Topliss-reactive ketones (excluding diaryl/α,β-unsaturated/α-hetero) is 1. The molecule has 20 heavy (non-hydrogen) atoms. The molecular formula is C14H12O5S. The van der Waals surface area contributed by atoms with E-state index >= 15 is 0 Å². The molecule has 0 spiro atoms. The fourth-order valence-corrected chi connectivity index (χ4v) is 2.52. The molecular weight excluding hydrogens is 280 g/mol. The average Bonchev–Trinajstić information content (AvgIpc) is 2.91. The summed E-state index contributed by atoms with van der Waals surface area (Å²) in [5, 5.41) is 20.7. The molecule has 0 aliphatic rings. The molecule has 1 heterocycles. The lowest BCUT2D eigenvalue weighted by atomic mass is 10.00. The highest BCUT2D eigenvalue weighted by atomic mass is 32.1. The number of thiophene rings is 1. The summed E-state index contributed by atoms with van der Waals surface area (Å²) in [4.78, 5) is 23.8. The molecule has 0 amide bonds. The molecule has 1 aromatic carbocycles. The molecule has 2 N–H and O–H groups in total. The van der Waals surface area contributed by atoms with Crippen LogP contribution >= 0.6 is 11.3 Å². The maximum atomic E-state index is 12.1. The largest absolute Gasteiger partial charge is 0.507 e. The zero-order chi connectivity index (χ0) is 14.7. The highest BCUT2D eigenvalue weighted by Crippen LogP contribution is 2.29. The number of carbonyl (C=O) groups excluding carboxylic acids is 1. The van der Waals surface area contributed by atoms with Gasteiger partial charge in [0.25, 0.3) is 0 Å². The van der Waals surface area contributed by atoms with Gasteiger partial charge in [-0.1, -0.05) is 6.07 Å². The Morgan fingerprint density at radius 1 is 1.35 bits per heavy atom. The maximum absolute atomic E-state index is 12.1. The normalized spacial score (nSPS) is 10.2. The molecule has 0 atom stereocenters. The number of phenols is 1. The molecule has 2 aromatic rings. The SMILES string of the molecule is COc1cc(O)c(C(=O)O)c(CC(=O)c2cccs2)c1. The topological polar surface area (TPSA) is 83.8 Å². The van der Waals surface area contributed by atoms with Crippen molar-refractivity contribution in [1.29, 1.82) is 0 Å². The molecule has 0 saturated carbocycles. The summed E-state index contributed by atoms with van der Waals surface area (Å²) in [7, 11) is 1.40. The van der Waals surface area contributed by atoms with Crippen LogP contribution in [0, 0.1) is 0 Å². The van der Waals surface area contributed by atoms with Crippen molar-refractivity contribution in [2.24, 2.45) is 0 Å². The highest BCUT2D eigenvalue weighted by molar-refractivity contribution is 7.12. The summed E-state index contributed by atoms with van der Waals surface area (Å²) >= 11 is 1.29. The number of rotatable bonds is 5. The first-order valence-corrected chi connectivity index (χ1v) is 6.60. The highest BCUT2D eigenvalue weighted by Gasteiger charge is 2.20. The van der Waals surface area contributed by atoms with E-state index in [0.29, 0.717) is 10.6 Å². The molecule has 0 fully saturated rings. The summed E-state index contributed by atoms with van der Waals surface area (Å²) in [6, 6.07) is 6.09. The van der Waals surface area contributed by atoms with E-state index in [1.807, 2.05) is 0 Å². The van der Waals surface area contributed by atoms with Crippen molar-refractivity contribution in [3.05, 3.63) is 45.6 Å². The summed E-state index contributed by atoms with van der Waals surface area (Å²) in [6.45, 7) is 0. The number of aromatic hydroxyl groups is 1. The summed E-state index contributed by atoms with van der Waals surface area (Å²) < 4.78 is 4.98. The molecule has 0 aliphatic heterocycles. The average molecular weight is 292 g/mol. The summed E-state index contributed by atoms with van der Waals surface area (Å²) in [6.07, 6.45) is -0.104. The van der Waals surface area contributed by atoms with E-state index in [0.717, 1.165) is 0 Å². The molecule has 104 valence electrons. The van der Waals surface area contributed by atoms with Crippen molar-refractivity contribution in [3.63, 3.8) is 0 Å². The van der Waals surface area contributed by atoms with Gasteiger partial charge >= 0.3 is 5.97 Å². The van der Waals surface area contributed by atoms with Gasteiger partial charge in [-0.05, 0) is 23.1 Å². The van der Waals surface area contributed by atoms with Crippen molar-refractivity contribution >= 4 is 23.1 Å². The van der Waals surface area contributed by atoms with Crippen molar-refractivity contribution in [3.8, 4) is 11.5 Å². The van der Waals surface area contributed by atoms with Gasteiger partial charge in [0.15, 0.2) is 5.78 Å². The van der Waals surface area contributed by atoms with Crippen LogP contribution in [0.1, 0.15) is 25.6 Å². The minimum absolute atomic E-state index is 0.104. The van der Waals surface area contributed by atoms with Gasteiger partial charge in [0.05, 0.1) is 12.0 Å². The van der Waals surface area contributed by atoms with Crippen LogP contribution in [0.15, 0.2) is 29.6 Å². The molecule has 0 unspecified atom stereocenters. The number of ketones is 1. The van der Waals surface area contributed by atoms with E-state index in [1.54, 1.807) is 17.5 Å². The first-order valence-electron chi connectivity index (χ1n) is 5.72. The smallest absolute Gasteiger partial charge is 0.339 e. The maximum Gasteiger partial charge on any atom is 0.339 e. The van der Waals surface area contributed by atoms with Crippen LogP contribution in [0.25, 0.3) is 0 Å². The number of carboxylic acid groups (broad SMARTS) is 1. The molecule has 5 nitrogen and oxygen atoms in total. The minimum atomic E-state index is -1.28. The van der Waals surface area contributed by atoms with E-state index in [1.165, 1.54) is 30.6 Å². The van der Waals surface area contributed by atoms with Gasteiger partial charge in [-0.15, -0.1) is 11.3 Å². The van der Waals surface area contributed by atoms with Crippen molar-refractivity contribution in [2.45, 2.75) is 6.42 Å². The predicted octanol–water partition coefficient (Wildman–Crippen LogP) is 2.59. The molecule has 6 heteroatoms. The number of carboxylic acids is 1. The first kappa shape index (κ1) is 14.1.